The minimum Gasteiger partial charge on any atom is -0.439 e. The predicted molar refractivity (Wildman–Crippen MR) is 65.2 cm³/mol. The van der Waals surface area contributed by atoms with Gasteiger partial charge in [-0.2, -0.15) is 13.2 Å². The molecule has 0 spiro atoms. The molecule has 0 fully saturated rings. The van der Waals surface area contributed by atoms with E-state index in [1.807, 2.05) is 19.9 Å². The minimum absolute atomic E-state index is 0.137. The van der Waals surface area contributed by atoms with Gasteiger partial charge >= 0.3 is 6.18 Å². The lowest BCUT2D eigenvalue weighted by Crippen LogP contribution is -2.05. The number of nitrogens with zero attached hydrogens (tertiary/aromatic N) is 1. The summed E-state index contributed by atoms with van der Waals surface area (Å²) in [5, 5.41) is 0. The number of benzene rings is 1. The van der Waals surface area contributed by atoms with Crippen molar-refractivity contribution in [3.05, 3.63) is 53.2 Å². The van der Waals surface area contributed by atoms with Crippen LogP contribution >= 0.6 is 0 Å². The van der Waals surface area contributed by atoms with Gasteiger partial charge in [0, 0.05) is 12.3 Å². The van der Waals surface area contributed by atoms with E-state index in [-0.39, 0.29) is 5.88 Å². The molecule has 0 aliphatic carbocycles. The fourth-order valence-corrected chi connectivity index (χ4v) is 1.72. The normalized spacial score (nSPS) is 11.4. The van der Waals surface area contributed by atoms with Crippen LogP contribution in [0.4, 0.5) is 13.2 Å². The first kappa shape index (κ1) is 13.4. The molecule has 5 heteroatoms. The molecule has 0 unspecified atom stereocenters. The molecule has 0 amide bonds. The van der Waals surface area contributed by atoms with Crippen LogP contribution in [0, 0.1) is 13.8 Å². The lowest BCUT2D eigenvalue weighted by molar-refractivity contribution is -0.137. The van der Waals surface area contributed by atoms with Crippen molar-refractivity contribution in [2.45, 2.75) is 20.0 Å². The number of halogens is 3. The van der Waals surface area contributed by atoms with Gasteiger partial charge in [-0.25, -0.2) is 4.98 Å². The van der Waals surface area contributed by atoms with E-state index in [1.54, 1.807) is 12.1 Å². The van der Waals surface area contributed by atoms with Crippen LogP contribution in [-0.4, -0.2) is 4.98 Å². The van der Waals surface area contributed by atoms with Gasteiger partial charge in [0.1, 0.15) is 5.75 Å². The van der Waals surface area contributed by atoms with E-state index < -0.39 is 11.7 Å². The highest BCUT2D eigenvalue weighted by Crippen LogP contribution is 2.30. The van der Waals surface area contributed by atoms with Crippen LogP contribution in [0.2, 0.25) is 0 Å². The van der Waals surface area contributed by atoms with Gasteiger partial charge in [0.2, 0.25) is 5.88 Å². The number of hydrogen-bond acceptors (Lipinski definition) is 2. The van der Waals surface area contributed by atoms with E-state index in [4.69, 9.17) is 4.74 Å². The second kappa shape index (κ2) is 4.91. The second-order valence-electron chi connectivity index (χ2n) is 4.31. The Morgan fingerprint density at radius 2 is 1.63 bits per heavy atom. The van der Waals surface area contributed by atoms with E-state index in [9.17, 15) is 13.2 Å². The zero-order chi connectivity index (χ0) is 14.0. The lowest BCUT2D eigenvalue weighted by Gasteiger charge is -2.09. The van der Waals surface area contributed by atoms with Crippen molar-refractivity contribution in [1.29, 1.82) is 0 Å². The first-order valence-corrected chi connectivity index (χ1v) is 5.64. The topological polar surface area (TPSA) is 22.1 Å². The van der Waals surface area contributed by atoms with Gasteiger partial charge in [-0.15, -0.1) is 0 Å². The molecular formula is C14H12F3NO. The van der Waals surface area contributed by atoms with Crippen LogP contribution in [0.3, 0.4) is 0 Å². The predicted octanol–water partition coefficient (Wildman–Crippen LogP) is 4.51. The molecule has 0 aliphatic heterocycles. The number of pyridine rings is 1. The zero-order valence-electron chi connectivity index (χ0n) is 10.5. The molecular weight excluding hydrogens is 255 g/mol. The van der Waals surface area contributed by atoms with Gasteiger partial charge < -0.3 is 4.74 Å². The van der Waals surface area contributed by atoms with E-state index >= 15 is 0 Å². The van der Waals surface area contributed by atoms with Crippen molar-refractivity contribution in [3.63, 3.8) is 0 Å². The highest BCUT2D eigenvalue weighted by Gasteiger charge is 2.30. The number of rotatable bonds is 2. The smallest absolute Gasteiger partial charge is 0.417 e. The van der Waals surface area contributed by atoms with Crippen molar-refractivity contribution in [1.82, 2.24) is 4.98 Å². The standard InChI is InChI=1S/C14H12F3NO/c1-9-5-10(2)7-12(6-9)19-13-4-3-11(8-18-13)14(15,16)17/h3-8H,1-2H3. The van der Waals surface area contributed by atoms with Gasteiger partial charge in [0.25, 0.3) is 0 Å². The Hall–Kier alpha value is -2.04. The molecule has 0 bridgehead atoms. The number of ether oxygens (including phenoxy) is 1. The van der Waals surface area contributed by atoms with E-state index in [0.29, 0.717) is 5.75 Å². The fourth-order valence-electron chi connectivity index (χ4n) is 1.72. The van der Waals surface area contributed by atoms with E-state index in [1.165, 1.54) is 6.07 Å². The Morgan fingerprint density at radius 1 is 1.00 bits per heavy atom. The maximum atomic E-state index is 12.4. The number of aromatic nitrogens is 1. The van der Waals surface area contributed by atoms with Crippen LogP contribution in [0.5, 0.6) is 11.6 Å². The summed E-state index contributed by atoms with van der Waals surface area (Å²) in [5.74, 6) is 0.697. The lowest BCUT2D eigenvalue weighted by atomic mass is 10.1. The molecule has 0 saturated heterocycles. The highest BCUT2D eigenvalue weighted by molar-refractivity contribution is 5.35. The van der Waals surface area contributed by atoms with Gasteiger partial charge in [0.15, 0.2) is 0 Å². The van der Waals surface area contributed by atoms with Crippen molar-refractivity contribution in [3.8, 4) is 11.6 Å². The molecule has 2 nitrogen and oxygen atoms in total. The van der Waals surface area contributed by atoms with E-state index in [2.05, 4.69) is 4.98 Å². The van der Waals surface area contributed by atoms with Crippen LogP contribution in [-0.2, 0) is 6.18 Å². The molecule has 0 saturated carbocycles. The average Bonchev–Trinajstić information content (AvgIpc) is 2.26. The summed E-state index contributed by atoms with van der Waals surface area (Å²) in [5.41, 5.74) is 1.24. The average molecular weight is 267 g/mol. The summed E-state index contributed by atoms with van der Waals surface area (Å²) in [6, 6.07) is 7.73. The SMILES string of the molecule is Cc1cc(C)cc(Oc2ccc(C(F)(F)F)cn2)c1. The van der Waals surface area contributed by atoms with Crippen LogP contribution < -0.4 is 4.74 Å². The summed E-state index contributed by atoms with van der Waals surface area (Å²) in [4.78, 5) is 3.66. The molecule has 2 rings (SSSR count). The molecule has 0 radical (unpaired) electrons. The van der Waals surface area contributed by atoms with Gasteiger partial charge in [-0.05, 0) is 43.2 Å². The van der Waals surface area contributed by atoms with Crippen molar-refractivity contribution in [2.75, 3.05) is 0 Å². The first-order chi connectivity index (χ1) is 8.84. The summed E-state index contributed by atoms with van der Waals surface area (Å²) >= 11 is 0. The van der Waals surface area contributed by atoms with Gasteiger partial charge in [0.05, 0.1) is 5.56 Å². The molecule has 100 valence electrons. The third-order valence-electron chi connectivity index (χ3n) is 2.48. The first-order valence-electron chi connectivity index (χ1n) is 5.64. The molecule has 0 atom stereocenters. The highest BCUT2D eigenvalue weighted by atomic mass is 19.4. The third kappa shape index (κ3) is 3.47. The molecule has 0 aliphatic rings. The molecule has 1 aromatic carbocycles. The fraction of sp³-hybridized carbons (Fsp3) is 0.214. The molecule has 1 aromatic heterocycles. The Morgan fingerprint density at radius 3 is 2.11 bits per heavy atom. The zero-order valence-corrected chi connectivity index (χ0v) is 10.5. The largest absolute Gasteiger partial charge is 0.439 e. The Labute approximate surface area is 108 Å². The third-order valence-corrected chi connectivity index (χ3v) is 2.48. The summed E-state index contributed by atoms with van der Waals surface area (Å²) in [6.07, 6.45) is -3.62. The molecule has 19 heavy (non-hydrogen) atoms. The number of aryl methyl sites for hydroxylation is 2. The molecule has 1 heterocycles. The monoisotopic (exact) mass is 267 g/mol. The Kier molecular flexibility index (Phi) is 3.46. The summed E-state index contributed by atoms with van der Waals surface area (Å²) in [7, 11) is 0. The maximum absolute atomic E-state index is 12.4. The molecule has 2 aromatic rings. The van der Waals surface area contributed by atoms with Crippen molar-refractivity contribution < 1.29 is 17.9 Å². The van der Waals surface area contributed by atoms with Crippen molar-refractivity contribution >= 4 is 0 Å². The van der Waals surface area contributed by atoms with Crippen LogP contribution in [0.25, 0.3) is 0 Å². The van der Waals surface area contributed by atoms with Crippen molar-refractivity contribution in [2.24, 2.45) is 0 Å². The second-order valence-corrected chi connectivity index (χ2v) is 4.31. The van der Waals surface area contributed by atoms with Crippen LogP contribution in [0.1, 0.15) is 16.7 Å². The number of hydrogen-bond donors (Lipinski definition) is 0. The Balaban J connectivity index is 2.20. The minimum atomic E-state index is -4.38. The van der Waals surface area contributed by atoms with E-state index in [0.717, 1.165) is 23.4 Å². The number of alkyl halides is 3. The summed E-state index contributed by atoms with van der Waals surface area (Å²) in [6.45, 7) is 3.83. The maximum Gasteiger partial charge on any atom is 0.417 e. The summed E-state index contributed by atoms with van der Waals surface area (Å²) < 4.78 is 42.5. The van der Waals surface area contributed by atoms with Crippen LogP contribution in [0.15, 0.2) is 36.5 Å². The molecule has 0 N–H and O–H groups in total. The quantitative estimate of drug-likeness (QED) is 0.798. The van der Waals surface area contributed by atoms with Gasteiger partial charge in [-0.3, -0.25) is 0 Å². The van der Waals surface area contributed by atoms with Gasteiger partial charge in [-0.1, -0.05) is 6.07 Å². The Bertz CT molecular complexity index is 556.